The van der Waals surface area contributed by atoms with E-state index in [1.807, 2.05) is 6.07 Å². The van der Waals surface area contributed by atoms with Gasteiger partial charge in [-0.15, -0.1) is 0 Å². The second kappa shape index (κ2) is 5.66. The van der Waals surface area contributed by atoms with Crippen LogP contribution in [0.3, 0.4) is 0 Å². The van der Waals surface area contributed by atoms with E-state index in [-0.39, 0.29) is 12.2 Å². The lowest BCUT2D eigenvalue weighted by molar-refractivity contribution is -0.137. The summed E-state index contributed by atoms with van der Waals surface area (Å²) < 4.78 is 0. The maximum atomic E-state index is 11.7. The molecule has 1 atom stereocenters. The molecule has 1 aromatic rings. The first-order chi connectivity index (χ1) is 7.11. The van der Waals surface area contributed by atoms with Crippen LogP contribution in [0.4, 0.5) is 0 Å². The number of carbonyl (C=O) groups excluding carboxylic acids is 1. The van der Waals surface area contributed by atoms with Crippen LogP contribution in [0.15, 0.2) is 30.3 Å². The van der Waals surface area contributed by atoms with E-state index in [0.29, 0.717) is 12.0 Å². The lowest BCUT2D eigenvalue weighted by Gasteiger charge is -2.06. The van der Waals surface area contributed by atoms with Crippen LogP contribution in [0.25, 0.3) is 0 Å². The molecule has 0 spiro atoms. The van der Waals surface area contributed by atoms with Gasteiger partial charge < -0.3 is 5.11 Å². The summed E-state index contributed by atoms with van der Waals surface area (Å²) in [6.45, 7) is 0. The van der Waals surface area contributed by atoms with Gasteiger partial charge in [-0.3, -0.25) is 9.59 Å². The summed E-state index contributed by atoms with van der Waals surface area (Å²) in [5.41, 5.74) is 0.602. The second-order valence-electron chi connectivity index (χ2n) is 3.13. The minimum atomic E-state index is -0.889. The van der Waals surface area contributed by atoms with E-state index in [1.165, 1.54) is 0 Å². The molecule has 0 aliphatic carbocycles. The lowest BCUT2D eigenvalue weighted by Crippen LogP contribution is -2.15. The number of carboxylic acids is 1. The molecule has 0 radical (unpaired) electrons. The van der Waals surface area contributed by atoms with Crippen molar-refractivity contribution in [1.29, 1.82) is 0 Å². The first-order valence-electron chi connectivity index (χ1n) is 4.56. The number of alkyl halides is 1. The number of ketones is 1. The zero-order chi connectivity index (χ0) is 11.3. The molecule has 1 N–H and O–H groups in total. The van der Waals surface area contributed by atoms with E-state index in [0.717, 1.165) is 0 Å². The summed E-state index contributed by atoms with van der Waals surface area (Å²) >= 11 is 3.20. The zero-order valence-electron chi connectivity index (χ0n) is 8.02. The summed E-state index contributed by atoms with van der Waals surface area (Å²) in [4.78, 5) is 21.6. The Bertz CT molecular complexity index is 348. The Morgan fingerprint density at radius 1 is 1.27 bits per heavy atom. The highest BCUT2D eigenvalue weighted by Crippen LogP contribution is 2.15. The van der Waals surface area contributed by atoms with Gasteiger partial charge in [0.2, 0.25) is 0 Å². The number of Topliss-reactive ketones (excluding diaryl/α,β-unsaturated/α-hetero) is 1. The Kier molecular flexibility index (Phi) is 4.49. The van der Waals surface area contributed by atoms with Crippen LogP contribution in [0.1, 0.15) is 23.2 Å². The highest BCUT2D eigenvalue weighted by Gasteiger charge is 2.17. The topological polar surface area (TPSA) is 54.4 Å². The summed E-state index contributed by atoms with van der Waals surface area (Å²) in [6.07, 6.45) is 0.303. The number of aliphatic carboxylic acids is 1. The fraction of sp³-hybridized carbons (Fsp3) is 0.273. The molecule has 4 heteroatoms. The van der Waals surface area contributed by atoms with E-state index < -0.39 is 10.8 Å². The van der Waals surface area contributed by atoms with Crippen molar-refractivity contribution in [3.63, 3.8) is 0 Å². The van der Waals surface area contributed by atoms with Gasteiger partial charge in [0.25, 0.3) is 0 Å². The summed E-state index contributed by atoms with van der Waals surface area (Å²) in [6, 6.07) is 8.83. The standard InChI is InChI=1S/C11H11BrO3/c12-9(6-7-10(13)14)11(15)8-4-2-1-3-5-8/h1-5,9H,6-7H2,(H,13,14). The maximum absolute atomic E-state index is 11.7. The molecule has 80 valence electrons. The van der Waals surface area contributed by atoms with Crippen LogP contribution < -0.4 is 0 Å². The monoisotopic (exact) mass is 270 g/mol. The molecule has 0 fully saturated rings. The van der Waals surface area contributed by atoms with Gasteiger partial charge in [-0.2, -0.15) is 0 Å². The van der Waals surface area contributed by atoms with E-state index in [9.17, 15) is 9.59 Å². The molecular formula is C11H11BrO3. The Morgan fingerprint density at radius 2 is 1.87 bits per heavy atom. The molecule has 15 heavy (non-hydrogen) atoms. The number of rotatable bonds is 5. The van der Waals surface area contributed by atoms with Crippen LogP contribution in [0.5, 0.6) is 0 Å². The van der Waals surface area contributed by atoms with Gasteiger partial charge in [0, 0.05) is 12.0 Å². The van der Waals surface area contributed by atoms with Crippen LogP contribution in [0, 0.1) is 0 Å². The highest BCUT2D eigenvalue weighted by atomic mass is 79.9. The first kappa shape index (κ1) is 11.9. The first-order valence-corrected chi connectivity index (χ1v) is 5.48. The minimum absolute atomic E-state index is 0.00547. The Balaban J connectivity index is 2.57. The summed E-state index contributed by atoms with van der Waals surface area (Å²) in [7, 11) is 0. The fourth-order valence-corrected chi connectivity index (χ4v) is 1.66. The highest BCUT2D eigenvalue weighted by molar-refractivity contribution is 9.10. The normalized spacial score (nSPS) is 12.1. The van der Waals surface area contributed by atoms with E-state index >= 15 is 0 Å². The second-order valence-corrected chi connectivity index (χ2v) is 4.24. The molecule has 0 saturated heterocycles. The molecule has 0 amide bonds. The molecule has 3 nitrogen and oxygen atoms in total. The van der Waals surface area contributed by atoms with Gasteiger partial charge in [-0.05, 0) is 6.42 Å². The lowest BCUT2D eigenvalue weighted by atomic mass is 10.1. The van der Waals surface area contributed by atoms with E-state index in [1.54, 1.807) is 24.3 Å². The van der Waals surface area contributed by atoms with Crippen LogP contribution in [0.2, 0.25) is 0 Å². The molecule has 0 aromatic heterocycles. The van der Waals surface area contributed by atoms with Crippen LogP contribution in [-0.2, 0) is 4.79 Å². The van der Waals surface area contributed by atoms with Crippen molar-refractivity contribution in [2.75, 3.05) is 0 Å². The Labute approximate surface area is 96.2 Å². The summed E-state index contributed by atoms with van der Waals surface area (Å²) in [5.74, 6) is -0.961. The van der Waals surface area contributed by atoms with Crippen molar-refractivity contribution < 1.29 is 14.7 Å². The van der Waals surface area contributed by atoms with Gasteiger partial charge in [-0.1, -0.05) is 46.3 Å². The van der Waals surface area contributed by atoms with E-state index in [4.69, 9.17) is 5.11 Å². The number of benzene rings is 1. The van der Waals surface area contributed by atoms with Gasteiger partial charge in [-0.25, -0.2) is 0 Å². The number of hydrogen-bond donors (Lipinski definition) is 1. The van der Waals surface area contributed by atoms with Crippen molar-refractivity contribution in [2.24, 2.45) is 0 Å². The molecule has 0 saturated carbocycles. The van der Waals surface area contributed by atoms with Gasteiger partial charge in [0.1, 0.15) is 0 Å². The molecule has 0 aliphatic heterocycles. The van der Waals surface area contributed by atoms with E-state index in [2.05, 4.69) is 15.9 Å². The number of halogens is 1. The van der Waals surface area contributed by atoms with Gasteiger partial charge in [0.15, 0.2) is 5.78 Å². The van der Waals surface area contributed by atoms with Gasteiger partial charge >= 0.3 is 5.97 Å². The SMILES string of the molecule is O=C(O)CCC(Br)C(=O)c1ccccc1. The number of hydrogen-bond acceptors (Lipinski definition) is 2. The fourth-order valence-electron chi connectivity index (χ4n) is 1.16. The molecule has 1 rings (SSSR count). The predicted molar refractivity (Wildman–Crippen MR) is 60.4 cm³/mol. The summed E-state index contributed by atoms with van der Waals surface area (Å²) in [5, 5.41) is 8.48. The minimum Gasteiger partial charge on any atom is -0.481 e. The molecule has 1 aromatic carbocycles. The average Bonchev–Trinajstić information content (AvgIpc) is 2.26. The van der Waals surface area contributed by atoms with Crippen molar-refractivity contribution >= 4 is 27.7 Å². The smallest absolute Gasteiger partial charge is 0.303 e. The predicted octanol–water partition coefficient (Wildman–Crippen LogP) is 2.50. The third kappa shape index (κ3) is 3.83. The molecular weight excluding hydrogens is 260 g/mol. The van der Waals surface area contributed by atoms with Crippen LogP contribution >= 0.6 is 15.9 Å². The molecule has 1 unspecified atom stereocenters. The van der Waals surface area contributed by atoms with Crippen molar-refractivity contribution in [3.8, 4) is 0 Å². The number of carbonyl (C=O) groups is 2. The van der Waals surface area contributed by atoms with Crippen LogP contribution in [-0.4, -0.2) is 21.7 Å². The van der Waals surface area contributed by atoms with Gasteiger partial charge in [0.05, 0.1) is 4.83 Å². The van der Waals surface area contributed by atoms with Crippen molar-refractivity contribution in [1.82, 2.24) is 0 Å². The third-order valence-electron chi connectivity index (χ3n) is 1.95. The molecule has 0 heterocycles. The van der Waals surface area contributed by atoms with Crippen molar-refractivity contribution in [2.45, 2.75) is 17.7 Å². The quantitative estimate of drug-likeness (QED) is 0.661. The Hall–Kier alpha value is -1.16. The zero-order valence-corrected chi connectivity index (χ0v) is 9.61. The third-order valence-corrected chi connectivity index (χ3v) is 2.83. The average molecular weight is 271 g/mol. The molecule has 0 aliphatic rings. The Morgan fingerprint density at radius 3 is 2.40 bits per heavy atom. The maximum Gasteiger partial charge on any atom is 0.303 e. The largest absolute Gasteiger partial charge is 0.481 e. The molecule has 0 bridgehead atoms. The van der Waals surface area contributed by atoms with Crippen molar-refractivity contribution in [3.05, 3.63) is 35.9 Å². The number of carboxylic acid groups (broad SMARTS) is 1.